The first-order chi connectivity index (χ1) is 14.2. The molecule has 0 saturated carbocycles. The lowest BCUT2D eigenvalue weighted by Crippen LogP contribution is -2.31. The fourth-order valence-corrected chi connectivity index (χ4v) is 4.60. The van der Waals surface area contributed by atoms with E-state index < -0.39 is 10.0 Å². The standard InChI is InChI=1S/C21H21N5O3S/c1-14-7-9-18(10-8-14)30(28,29)25(17-6-4-5-15(2)11-17)13-19-23-21-22-16(3)12-20(27)26(21)24-19/h4-12H,13H2,1-3H3,(H,22,23,24). The van der Waals surface area contributed by atoms with E-state index in [1.807, 2.05) is 19.9 Å². The molecule has 0 aliphatic heterocycles. The van der Waals surface area contributed by atoms with Crippen LogP contribution in [-0.4, -0.2) is 28.0 Å². The van der Waals surface area contributed by atoms with Crippen LogP contribution in [0.4, 0.5) is 5.69 Å². The van der Waals surface area contributed by atoms with Gasteiger partial charge >= 0.3 is 0 Å². The van der Waals surface area contributed by atoms with Gasteiger partial charge in [-0.05, 0) is 50.6 Å². The Bertz CT molecular complexity index is 1390. The second-order valence-electron chi connectivity index (χ2n) is 7.21. The van der Waals surface area contributed by atoms with Crippen molar-refractivity contribution in [2.24, 2.45) is 0 Å². The Kier molecular flexibility index (Phi) is 4.90. The molecule has 0 unspecified atom stereocenters. The first-order valence-corrected chi connectivity index (χ1v) is 10.8. The lowest BCUT2D eigenvalue weighted by atomic mass is 10.2. The molecule has 0 aliphatic rings. The molecule has 0 fully saturated rings. The van der Waals surface area contributed by atoms with E-state index in [0.29, 0.717) is 17.2 Å². The number of anilines is 1. The van der Waals surface area contributed by atoms with Crippen molar-refractivity contribution in [1.82, 2.24) is 19.6 Å². The minimum absolute atomic E-state index is 0.0818. The number of fused-ring (bicyclic) bond motifs is 1. The van der Waals surface area contributed by atoms with E-state index in [0.717, 1.165) is 11.1 Å². The van der Waals surface area contributed by atoms with E-state index in [4.69, 9.17) is 0 Å². The van der Waals surface area contributed by atoms with Crippen LogP contribution >= 0.6 is 0 Å². The highest BCUT2D eigenvalue weighted by atomic mass is 32.2. The molecule has 154 valence electrons. The maximum absolute atomic E-state index is 13.5. The van der Waals surface area contributed by atoms with Crippen molar-refractivity contribution >= 4 is 21.5 Å². The van der Waals surface area contributed by atoms with Gasteiger partial charge in [0.1, 0.15) is 5.82 Å². The largest absolute Gasteiger partial charge is 0.274 e. The van der Waals surface area contributed by atoms with Crippen LogP contribution in [0, 0.1) is 20.8 Å². The van der Waals surface area contributed by atoms with Crippen molar-refractivity contribution in [3.05, 3.63) is 87.6 Å². The summed E-state index contributed by atoms with van der Waals surface area (Å²) >= 11 is 0. The summed E-state index contributed by atoms with van der Waals surface area (Å²) in [5.74, 6) is 0.509. The summed E-state index contributed by atoms with van der Waals surface area (Å²) in [6, 6.07) is 15.3. The zero-order valence-corrected chi connectivity index (χ0v) is 17.6. The molecule has 0 spiro atoms. The van der Waals surface area contributed by atoms with Crippen LogP contribution in [0.1, 0.15) is 22.6 Å². The average molecular weight is 423 g/mol. The van der Waals surface area contributed by atoms with E-state index in [1.54, 1.807) is 49.4 Å². The van der Waals surface area contributed by atoms with E-state index in [9.17, 15) is 13.2 Å². The first kappa shape index (κ1) is 19.8. The van der Waals surface area contributed by atoms with E-state index in [2.05, 4.69) is 15.1 Å². The molecule has 0 aliphatic carbocycles. The quantitative estimate of drug-likeness (QED) is 0.532. The van der Waals surface area contributed by atoms with E-state index in [1.165, 1.54) is 14.9 Å². The minimum atomic E-state index is -3.88. The highest BCUT2D eigenvalue weighted by Crippen LogP contribution is 2.26. The molecule has 30 heavy (non-hydrogen) atoms. The first-order valence-electron chi connectivity index (χ1n) is 9.35. The number of aryl methyl sites for hydroxylation is 3. The van der Waals surface area contributed by atoms with Crippen LogP contribution in [0.5, 0.6) is 0 Å². The fraction of sp³-hybridized carbons (Fsp3) is 0.190. The van der Waals surface area contributed by atoms with Crippen LogP contribution in [0.2, 0.25) is 0 Å². The van der Waals surface area contributed by atoms with Gasteiger partial charge in [0.05, 0.1) is 17.1 Å². The highest BCUT2D eigenvalue weighted by molar-refractivity contribution is 7.92. The third-order valence-electron chi connectivity index (χ3n) is 4.70. The van der Waals surface area contributed by atoms with E-state index >= 15 is 0 Å². The van der Waals surface area contributed by atoms with Gasteiger partial charge in [0.25, 0.3) is 21.4 Å². The minimum Gasteiger partial charge on any atom is -0.273 e. The van der Waals surface area contributed by atoms with Crippen LogP contribution < -0.4 is 9.86 Å². The molecule has 0 amide bonds. The molecule has 4 aromatic rings. The summed E-state index contributed by atoms with van der Waals surface area (Å²) in [6.07, 6.45) is 0. The van der Waals surface area contributed by atoms with Crippen molar-refractivity contribution in [3.63, 3.8) is 0 Å². The fourth-order valence-electron chi connectivity index (χ4n) is 3.18. The number of aromatic amines is 1. The molecule has 4 rings (SSSR count). The van der Waals surface area contributed by atoms with Crippen molar-refractivity contribution in [2.45, 2.75) is 32.2 Å². The molecule has 0 saturated heterocycles. The Balaban J connectivity index is 1.83. The summed E-state index contributed by atoms with van der Waals surface area (Å²) in [7, 11) is -3.88. The van der Waals surface area contributed by atoms with Gasteiger partial charge in [-0.25, -0.2) is 13.4 Å². The SMILES string of the molecule is Cc1ccc(S(=O)(=O)N(Cc2nc3nc(C)cc(=O)n3[nH]2)c2cccc(C)c2)cc1. The molecule has 1 N–H and O–H groups in total. The number of nitrogens with zero attached hydrogens (tertiary/aromatic N) is 4. The van der Waals surface area contributed by atoms with Gasteiger partial charge in [-0.15, -0.1) is 0 Å². The Hall–Kier alpha value is -3.46. The van der Waals surface area contributed by atoms with Gasteiger partial charge in [-0.2, -0.15) is 9.50 Å². The third-order valence-corrected chi connectivity index (χ3v) is 6.48. The second kappa shape index (κ2) is 7.42. The predicted molar refractivity (Wildman–Crippen MR) is 114 cm³/mol. The van der Waals surface area contributed by atoms with Crippen LogP contribution in [0.3, 0.4) is 0 Å². The zero-order chi connectivity index (χ0) is 21.5. The highest BCUT2D eigenvalue weighted by Gasteiger charge is 2.26. The summed E-state index contributed by atoms with van der Waals surface area (Å²) in [4.78, 5) is 20.9. The molecular formula is C21H21N5O3S. The number of benzene rings is 2. The molecule has 9 heteroatoms. The molecule has 0 atom stereocenters. The Morgan fingerprint density at radius 1 is 0.967 bits per heavy atom. The molecule has 0 bridgehead atoms. The molecular weight excluding hydrogens is 402 g/mol. The molecule has 2 aromatic heterocycles. The maximum atomic E-state index is 13.5. The number of nitrogens with one attached hydrogen (secondary N) is 1. The molecule has 2 aromatic carbocycles. The van der Waals surface area contributed by atoms with E-state index in [-0.39, 0.29) is 22.8 Å². The predicted octanol–water partition coefficient (Wildman–Crippen LogP) is 2.74. The van der Waals surface area contributed by atoms with Crippen LogP contribution in [0.15, 0.2) is 64.3 Å². The monoisotopic (exact) mass is 423 g/mol. The Labute approximate surface area is 173 Å². The third kappa shape index (κ3) is 3.71. The van der Waals surface area contributed by atoms with Crippen molar-refractivity contribution in [2.75, 3.05) is 4.31 Å². The Morgan fingerprint density at radius 2 is 1.70 bits per heavy atom. The maximum Gasteiger partial charge on any atom is 0.274 e. The normalized spacial score (nSPS) is 11.7. The lowest BCUT2D eigenvalue weighted by Gasteiger charge is -2.24. The number of sulfonamides is 1. The van der Waals surface area contributed by atoms with Gasteiger partial charge < -0.3 is 0 Å². The molecule has 8 nitrogen and oxygen atoms in total. The van der Waals surface area contributed by atoms with Crippen LogP contribution in [0.25, 0.3) is 5.78 Å². The second-order valence-corrected chi connectivity index (χ2v) is 9.07. The number of rotatable bonds is 5. The Morgan fingerprint density at radius 3 is 2.40 bits per heavy atom. The van der Waals surface area contributed by atoms with Crippen molar-refractivity contribution in [3.8, 4) is 0 Å². The number of hydrogen-bond acceptors (Lipinski definition) is 5. The van der Waals surface area contributed by atoms with Crippen molar-refractivity contribution in [1.29, 1.82) is 0 Å². The topological polar surface area (TPSA) is 100 Å². The zero-order valence-electron chi connectivity index (χ0n) is 16.8. The van der Waals surface area contributed by atoms with Crippen molar-refractivity contribution < 1.29 is 8.42 Å². The van der Waals surface area contributed by atoms with Crippen LogP contribution in [-0.2, 0) is 16.6 Å². The summed E-state index contributed by atoms with van der Waals surface area (Å²) < 4.78 is 29.5. The summed E-state index contributed by atoms with van der Waals surface area (Å²) in [5, 5.41) is 2.86. The van der Waals surface area contributed by atoms with Gasteiger partial charge in [-0.1, -0.05) is 29.8 Å². The summed E-state index contributed by atoms with van der Waals surface area (Å²) in [6.45, 7) is 5.42. The van der Waals surface area contributed by atoms with Gasteiger partial charge in [0, 0.05) is 11.8 Å². The molecule has 2 heterocycles. The number of hydrogen-bond donors (Lipinski definition) is 1. The number of aromatic nitrogens is 4. The van der Waals surface area contributed by atoms with Gasteiger partial charge in [0.15, 0.2) is 0 Å². The average Bonchev–Trinajstić information content (AvgIpc) is 3.09. The summed E-state index contributed by atoms with van der Waals surface area (Å²) in [5.41, 5.74) is 2.64. The lowest BCUT2D eigenvalue weighted by molar-refractivity contribution is 0.589. The van der Waals surface area contributed by atoms with Gasteiger partial charge in [0.2, 0.25) is 0 Å². The van der Waals surface area contributed by atoms with Gasteiger partial charge in [-0.3, -0.25) is 14.2 Å². The molecule has 0 radical (unpaired) electrons. The number of H-pyrrole nitrogens is 1. The smallest absolute Gasteiger partial charge is 0.273 e.